The van der Waals surface area contributed by atoms with Crippen molar-refractivity contribution in [1.82, 2.24) is 5.16 Å². The number of primary sulfonamides is 1. The van der Waals surface area contributed by atoms with Gasteiger partial charge in [-0.25, -0.2) is 31.1 Å². The molecule has 0 fully saturated rings. The largest absolute Gasteiger partial charge is 0.354 e. The summed E-state index contributed by atoms with van der Waals surface area (Å²) in [6.45, 7) is 1.72. The maximum atomic E-state index is 14.2. The molecule has 3 aromatic rings. The Bertz CT molecular complexity index is 1160. The molecule has 11 heteroatoms. The third-order valence-electron chi connectivity index (χ3n) is 3.93. The zero-order chi connectivity index (χ0) is 20.8. The predicted molar refractivity (Wildman–Crippen MR) is 93.4 cm³/mol. The summed E-state index contributed by atoms with van der Waals surface area (Å²) in [5, 5.41) is 8.68. The molecule has 0 unspecified atom stereocenters. The van der Waals surface area contributed by atoms with E-state index in [0.29, 0.717) is 22.7 Å². The molecule has 0 bridgehead atoms. The van der Waals surface area contributed by atoms with Crippen LogP contribution >= 0.6 is 11.6 Å². The number of nitrogens with zero attached hydrogens (tertiary/aromatic N) is 1. The van der Waals surface area contributed by atoms with Crippen molar-refractivity contribution in [3.05, 3.63) is 58.3 Å². The van der Waals surface area contributed by atoms with Gasteiger partial charge < -0.3 is 4.52 Å². The third kappa shape index (κ3) is 3.62. The minimum absolute atomic E-state index is 0.139. The molecule has 1 aromatic heterocycles. The molecule has 3 rings (SSSR count). The van der Waals surface area contributed by atoms with Gasteiger partial charge in [-0.3, -0.25) is 0 Å². The molecule has 0 radical (unpaired) electrons. The number of hydrogen-bond acceptors (Lipinski definition) is 4. The second-order valence-corrected chi connectivity index (χ2v) is 7.75. The molecule has 148 valence electrons. The molecule has 0 saturated heterocycles. The molecule has 1 heterocycles. The molecular weight excluding hydrogens is 424 g/mol. The van der Waals surface area contributed by atoms with E-state index in [4.69, 9.17) is 16.7 Å². The molecule has 0 atom stereocenters. The van der Waals surface area contributed by atoms with E-state index in [1.807, 2.05) is 0 Å². The zero-order valence-electron chi connectivity index (χ0n) is 14.0. The van der Waals surface area contributed by atoms with Crippen LogP contribution in [0.2, 0.25) is 5.02 Å². The number of alkyl halides is 2. The third-order valence-corrected chi connectivity index (χ3v) is 5.30. The van der Waals surface area contributed by atoms with Crippen molar-refractivity contribution in [2.75, 3.05) is 0 Å². The van der Waals surface area contributed by atoms with Gasteiger partial charge in [-0.05, 0) is 36.2 Å². The SMILES string of the molecule is Cc1ccc(-c2noc(C(F)F)c2-c2cc(F)c(S(N)(=O)=O)c(F)c2)cc1Cl. The van der Waals surface area contributed by atoms with Crippen LogP contribution in [0.15, 0.2) is 39.8 Å². The summed E-state index contributed by atoms with van der Waals surface area (Å²) in [5.41, 5.74) is 0.0374. The Kier molecular flexibility index (Phi) is 5.22. The van der Waals surface area contributed by atoms with E-state index >= 15 is 0 Å². The quantitative estimate of drug-likeness (QED) is 0.596. The summed E-state index contributed by atoms with van der Waals surface area (Å²) in [6.07, 6.45) is -3.15. The molecule has 0 aliphatic carbocycles. The number of sulfonamides is 1. The van der Waals surface area contributed by atoms with Crippen LogP contribution in [0.4, 0.5) is 17.6 Å². The standard InChI is InChI=1S/C17H11ClF4N2O3S/c1-7-2-3-8(4-10(7)18)14-13(15(17(21)22)27-24-14)9-5-11(19)16(12(20)6-9)28(23,25)26/h2-6,17H,1H3,(H2,23,25,26). The first-order valence-electron chi connectivity index (χ1n) is 7.57. The minimum Gasteiger partial charge on any atom is -0.354 e. The molecule has 0 aliphatic rings. The van der Waals surface area contributed by atoms with E-state index in [1.165, 1.54) is 12.1 Å². The van der Waals surface area contributed by atoms with Crippen LogP contribution in [0.25, 0.3) is 22.4 Å². The maximum Gasteiger partial charge on any atom is 0.298 e. The smallest absolute Gasteiger partial charge is 0.298 e. The maximum absolute atomic E-state index is 14.2. The van der Waals surface area contributed by atoms with E-state index in [1.54, 1.807) is 13.0 Å². The van der Waals surface area contributed by atoms with Gasteiger partial charge in [0.25, 0.3) is 6.43 Å². The van der Waals surface area contributed by atoms with Crippen LogP contribution in [-0.2, 0) is 10.0 Å². The summed E-state index contributed by atoms with van der Waals surface area (Å²) in [4.78, 5) is -1.37. The molecule has 5 nitrogen and oxygen atoms in total. The first kappa shape index (κ1) is 20.3. The summed E-state index contributed by atoms with van der Waals surface area (Å²) in [7, 11) is -4.70. The number of rotatable bonds is 4. The number of benzene rings is 2. The Hall–Kier alpha value is -2.43. The molecule has 0 saturated carbocycles. The normalized spacial score (nSPS) is 12.0. The Morgan fingerprint density at radius 1 is 1.11 bits per heavy atom. The highest BCUT2D eigenvalue weighted by Crippen LogP contribution is 2.41. The van der Waals surface area contributed by atoms with Crippen LogP contribution in [0.5, 0.6) is 0 Å². The molecule has 2 N–H and O–H groups in total. The van der Waals surface area contributed by atoms with Gasteiger partial charge in [0, 0.05) is 10.6 Å². The fraction of sp³-hybridized carbons (Fsp3) is 0.118. The highest BCUT2D eigenvalue weighted by Gasteiger charge is 2.29. The highest BCUT2D eigenvalue weighted by molar-refractivity contribution is 7.89. The lowest BCUT2D eigenvalue weighted by Gasteiger charge is -2.09. The van der Waals surface area contributed by atoms with E-state index in [-0.39, 0.29) is 11.3 Å². The molecular formula is C17H11ClF4N2O3S. The number of hydrogen-bond donors (Lipinski definition) is 1. The summed E-state index contributed by atoms with van der Waals surface area (Å²) < 4.78 is 82.6. The number of nitrogens with two attached hydrogens (primary N) is 1. The summed E-state index contributed by atoms with van der Waals surface area (Å²) >= 11 is 6.05. The van der Waals surface area contributed by atoms with Gasteiger partial charge in [-0.1, -0.05) is 28.9 Å². The minimum atomic E-state index is -4.70. The van der Waals surface area contributed by atoms with Crippen LogP contribution in [0, 0.1) is 18.6 Å². The summed E-state index contributed by atoms with van der Waals surface area (Å²) in [5.74, 6) is -4.01. The van der Waals surface area contributed by atoms with Crippen molar-refractivity contribution in [1.29, 1.82) is 0 Å². The fourth-order valence-corrected chi connectivity index (χ4v) is 3.49. The van der Waals surface area contributed by atoms with Gasteiger partial charge in [0.1, 0.15) is 17.3 Å². The molecule has 28 heavy (non-hydrogen) atoms. The molecule has 0 amide bonds. The highest BCUT2D eigenvalue weighted by atomic mass is 35.5. The Labute approximate surface area is 161 Å². The van der Waals surface area contributed by atoms with Crippen LogP contribution in [0.1, 0.15) is 17.7 Å². The average Bonchev–Trinajstić information content (AvgIpc) is 3.00. The fourth-order valence-electron chi connectivity index (χ4n) is 2.64. The average molecular weight is 435 g/mol. The predicted octanol–water partition coefficient (Wildman–Crippen LogP) is 4.83. The van der Waals surface area contributed by atoms with E-state index in [9.17, 15) is 26.0 Å². The van der Waals surface area contributed by atoms with Gasteiger partial charge in [0.2, 0.25) is 15.8 Å². The van der Waals surface area contributed by atoms with E-state index in [0.717, 1.165) is 0 Å². The van der Waals surface area contributed by atoms with Gasteiger partial charge in [0.05, 0.1) is 5.56 Å². The lowest BCUT2D eigenvalue weighted by molar-refractivity contribution is 0.113. The molecule has 0 aliphatic heterocycles. The zero-order valence-corrected chi connectivity index (χ0v) is 15.6. The lowest BCUT2D eigenvalue weighted by Crippen LogP contribution is -2.16. The Morgan fingerprint density at radius 2 is 1.71 bits per heavy atom. The van der Waals surface area contributed by atoms with Crippen molar-refractivity contribution in [2.24, 2.45) is 5.14 Å². The number of aryl methyl sites for hydroxylation is 1. The van der Waals surface area contributed by atoms with Gasteiger partial charge in [-0.2, -0.15) is 0 Å². The molecule has 0 spiro atoms. The van der Waals surface area contributed by atoms with Crippen molar-refractivity contribution < 1.29 is 30.5 Å². The van der Waals surface area contributed by atoms with Crippen LogP contribution in [-0.4, -0.2) is 13.6 Å². The second kappa shape index (κ2) is 7.19. The van der Waals surface area contributed by atoms with E-state index < -0.39 is 49.9 Å². The van der Waals surface area contributed by atoms with Crippen molar-refractivity contribution in [2.45, 2.75) is 18.2 Å². The first-order chi connectivity index (χ1) is 13.0. The topological polar surface area (TPSA) is 86.2 Å². The first-order valence-corrected chi connectivity index (χ1v) is 9.49. The van der Waals surface area contributed by atoms with Crippen molar-refractivity contribution >= 4 is 21.6 Å². The van der Waals surface area contributed by atoms with E-state index in [2.05, 4.69) is 9.68 Å². The van der Waals surface area contributed by atoms with Gasteiger partial charge in [-0.15, -0.1) is 0 Å². The van der Waals surface area contributed by atoms with Crippen molar-refractivity contribution in [3.63, 3.8) is 0 Å². The van der Waals surface area contributed by atoms with Gasteiger partial charge in [0.15, 0.2) is 4.90 Å². The van der Waals surface area contributed by atoms with Gasteiger partial charge >= 0.3 is 0 Å². The number of aromatic nitrogens is 1. The number of halogens is 5. The monoisotopic (exact) mass is 434 g/mol. The molecule has 2 aromatic carbocycles. The van der Waals surface area contributed by atoms with Crippen molar-refractivity contribution in [3.8, 4) is 22.4 Å². The van der Waals surface area contributed by atoms with Crippen LogP contribution < -0.4 is 5.14 Å². The lowest BCUT2D eigenvalue weighted by atomic mass is 9.98. The Morgan fingerprint density at radius 3 is 2.21 bits per heavy atom. The van der Waals surface area contributed by atoms with Crippen LogP contribution in [0.3, 0.4) is 0 Å². The summed E-state index contributed by atoms with van der Waals surface area (Å²) in [6, 6.07) is 5.69. The Balaban J connectivity index is 2.30. The second-order valence-electron chi connectivity index (χ2n) is 5.85.